The van der Waals surface area contributed by atoms with Crippen molar-refractivity contribution in [3.8, 4) is 5.69 Å². The fraction of sp³-hybridized carbons (Fsp3) is 0.100. The quantitative estimate of drug-likeness (QED) is 0.336. The Morgan fingerprint density at radius 3 is 2.00 bits per heavy atom. The largest absolute Gasteiger partial charge is 0.348 e. The molecule has 5 nitrogen and oxygen atoms in total. The fourth-order valence-corrected chi connectivity index (χ4v) is 4.64. The molecule has 1 N–H and O–H groups in total. The van der Waals surface area contributed by atoms with Gasteiger partial charge in [0.2, 0.25) is 5.78 Å². The third kappa shape index (κ3) is 3.00. The van der Waals surface area contributed by atoms with E-state index in [-0.39, 0.29) is 53.2 Å². The van der Waals surface area contributed by atoms with Crippen LogP contribution in [0.15, 0.2) is 40.2 Å². The highest BCUT2D eigenvalue weighted by Gasteiger charge is 2.37. The van der Waals surface area contributed by atoms with Crippen LogP contribution in [0.3, 0.4) is 0 Å². The van der Waals surface area contributed by atoms with Crippen molar-refractivity contribution in [3.05, 3.63) is 82.6 Å². The molecule has 1 aliphatic carbocycles. The Balaban J connectivity index is 1.91. The minimum absolute atomic E-state index is 0.00738. The van der Waals surface area contributed by atoms with E-state index < -0.39 is 5.78 Å². The van der Waals surface area contributed by atoms with Gasteiger partial charge in [-0.3, -0.25) is 14.3 Å². The number of aromatic nitrogens is 2. The summed E-state index contributed by atoms with van der Waals surface area (Å²) < 4.78 is 3.18. The molecule has 1 aromatic heterocycles. The normalized spacial score (nSPS) is 13.2. The van der Waals surface area contributed by atoms with Crippen LogP contribution in [0.2, 0.25) is 20.1 Å². The van der Waals surface area contributed by atoms with Gasteiger partial charge < -0.3 is 5.32 Å². The van der Waals surface area contributed by atoms with Gasteiger partial charge in [-0.15, -0.1) is 0 Å². The van der Waals surface area contributed by atoms with E-state index in [0.717, 1.165) is 0 Å². The molecule has 0 spiro atoms. The first-order chi connectivity index (χ1) is 14.2. The van der Waals surface area contributed by atoms with Crippen LogP contribution in [0.25, 0.3) is 11.4 Å². The second-order valence-corrected chi connectivity index (χ2v) is 8.48. The van der Waals surface area contributed by atoms with E-state index in [1.54, 1.807) is 18.7 Å². The third-order valence-electron chi connectivity index (χ3n) is 4.97. The van der Waals surface area contributed by atoms with E-state index in [1.165, 1.54) is 4.68 Å². The van der Waals surface area contributed by atoms with Gasteiger partial charge in [0.25, 0.3) is 5.56 Å². The average Bonchev–Trinajstić information content (AvgIpc) is 3.11. The number of carbonyl (C=O) groups is 1. The Morgan fingerprint density at radius 1 is 0.833 bits per heavy atom. The van der Waals surface area contributed by atoms with Gasteiger partial charge in [-0.05, 0) is 19.1 Å². The van der Waals surface area contributed by atoms with Crippen LogP contribution in [0.4, 0.5) is 5.69 Å². The molecular weight excluding hydrogens is 492 g/mol. The number of allylic oxidation sites excluding steroid dienone is 1. The van der Waals surface area contributed by atoms with Gasteiger partial charge in [0, 0.05) is 12.6 Å². The molecule has 2 aromatic carbocycles. The lowest BCUT2D eigenvalue weighted by molar-refractivity contribution is 0.104. The number of benzene rings is 2. The average molecular weight is 504 g/mol. The summed E-state index contributed by atoms with van der Waals surface area (Å²) in [4.78, 5) is 25.9. The Kier molecular flexibility index (Phi) is 5.45. The Labute approximate surface area is 196 Å². The molecular formula is C20H12Cl5N3O2. The molecule has 1 aliphatic rings. The molecule has 0 aliphatic heterocycles. The maximum absolute atomic E-state index is 13.2. The van der Waals surface area contributed by atoms with E-state index in [9.17, 15) is 9.59 Å². The van der Waals surface area contributed by atoms with Crippen LogP contribution in [0, 0.1) is 6.92 Å². The van der Waals surface area contributed by atoms with Crippen LogP contribution in [0.5, 0.6) is 0 Å². The van der Waals surface area contributed by atoms with E-state index >= 15 is 0 Å². The maximum Gasteiger partial charge on any atom is 0.295 e. The number of hydrogen-bond donors (Lipinski definition) is 1. The van der Waals surface area contributed by atoms with Gasteiger partial charge in [-0.25, -0.2) is 4.68 Å². The van der Waals surface area contributed by atoms with Crippen LogP contribution < -0.4 is 10.9 Å². The molecule has 0 unspecified atom stereocenters. The van der Waals surface area contributed by atoms with Crippen molar-refractivity contribution in [3.63, 3.8) is 0 Å². The van der Waals surface area contributed by atoms with Crippen molar-refractivity contribution in [1.29, 1.82) is 0 Å². The summed E-state index contributed by atoms with van der Waals surface area (Å²) in [6, 6.07) is 9.13. The number of nitrogens with one attached hydrogen (secondary N) is 1. The van der Waals surface area contributed by atoms with Crippen molar-refractivity contribution in [2.75, 3.05) is 5.32 Å². The van der Waals surface area contributed by atoms with Crippen LogP contribution >= 0.6 is 58.0 Å². The summed E-state index contributed by atoms with van der Waals surface area (Å²) in [6.45, 7) is 1.76. The molecule has 0 fully saturated rings. The summed E-state index contributed by atoms with van der Waals surface area (Å²) in [7, 11) is 1.75. The van der Waals surface area contributed by atoms with E-state index in [2.05, 4.69) is 5.32 Å². The number of halogens is 5. The molecule has 3 aromatic rings. The van der Waals surface area contributed by atoms with Gasteiger partial charge in [0.1, 0.15) is 10.7 Å². The Morgan fingerprint density at radius 2 is 1.40 bits per heavy atom. The molecule has 0 amide bonds. The zero-order valence-electron chi connectivity index (χ0n) is 15.5. The fourth-order valence-electron chi connectivity index (χ4n) is 3.37. The number of fused-ring (bicyclic) bond motifs is 1. The lowest BCUT2D eigenvalue weighted by Crippen LogP contribution is -2.20. The molecule has 0 bridgehead atoms. The maximum atomic E-state index is 13.2. The van der Waals surface area contributed by atoms with Crippen molar-refractivity contribution in [1.82, 2.24) is 9.36 Å². The number of ketones is 1. The molecule has 10 heteroatoms. The molecule has 4 rings (SSSR count). The number of Topliss-reactive ketones (excluding diaryl/α,β-unsaturated/α-hetero) is 1. The Bertz CT molecular complexity index is 1320. The lowest BCUT2D eigenvalue weighted by atomic mass is 10.1. The highest BCUT2D eigenvalue weighted by Crippen LogP contribution is 2.49. The van der Waals surface area contributed by atoms with Gasteiger partial charge in [0.05, 0.1) is 42.7 Å². The number of anilines is 1. The Hall–Kier alpha value is -1.89. The summed E-state index contributed by atoms with van der Waals surface area (Å²) in [5, 5.41) is 2.75. The summed E-state index contributed by atoms with van der Waals surface area (Å²) in [6.07, 6.45) is 0. The number of nitrogens with zero attached hydrogens (tertiary/aromatic N) is 2. The van der Waals surface area contributed by atoms with Gasteiger partial charge in [0.15, 0.2) is 0 Å². The number of hydrogen-bond acceptors (Lipinski definition) is 3. The van der Waals surface area contributed by atoms with Crippen LogP contribution in [-0.2, 0) is 7.05 Å². The van der Waals surface area contributed by atoms with E-state index in [0.29, 0.717) is 11.4 Å². The van der Waals surface area contributed by atoms with Crippen molar-refractivity contribution < 1.29 is 4.79 Å². The highest BCUT2D eigenvalue weighted by molar-refractivity contribution is 6.58. The molecule has 1 heterocycles. The van der Waals surface area contributed by atoms with Gasteiger partial charge in [-0.2, -0.15) is 0 Å². The number of para-hydroxylation sites is 1. The number of carbonyl (C=O) groups excluding carboxylic acids is 1. The monoisotopic (exact) mass is 501 g/mol. The second kappa shape index (κ2) is 7.66. The van der Waals surface area contributed by atoms with Crippen molar-refractivity contribution in [2.24, 2.45) is 7.05 Å². The van der Waals surface area contributed by atoms with Crippen LogP contribution in [-0.4, -0.2) is 15.1 Å². The smallest absolute Gasteiger partial charge is 0.295 e. The summed E-state index contributed by atoms with van der Waals surface area (Å²) in [5.41, 5.74) is 1.59. The summed E-state index contributed by atoms with van der Waals surface area (Å²) in [5.74, 6) is -0.559. The third-order valence-corrected chi connectivity index (χ3v) is 7.13. The van der Waals surface area contributed by atoms with E-state index in [4.69, 9.17) is 58.0 Å². The zero-order chi connectivity index (χ0) is 21.9. The standard InChI is InChI=1S/C20H12Cl5N3O2/c1-8-17(20(30)28(27(8)2)9-6-4-3-5-7-9)26-18-10-11(19(29)16(18)25)13(22)15(24)14(23)12(10)21/h3-7,26H,1-2H3. The molecule has 0 saturated carbocycles. The minimum atomic E-state index is -0.559. The van der Waals surface area contributed by atoms with Crippen LogP contribution in [0.1, 0.15) is 21.6 Å². The first kappa shape index (κ1) is 21.3. The molecule has 30 heavy (non-hydrogen) atoms. The molecule has 0 saturated heterocycles. The number of rotatable bonds is 3. The van der Waals surface area contributed by atoms with Gasteiger partial charge in [-0.1, -0.05) is 76.2 Å². The van der Waals surface area contributed by atoms with Crippen molar-refractivity contribution >= 4 is 75.2 Å². The molecule has 0 radical (unpaired) electrons. The highest BCUT2D eigenvalue weighted by atomic mass is 35.5. The molecule has 0 atom stereocenters. The topological polar surface area (TPSA) is 56.0 Å². The SMILES string of the molecule is Cc1c(NC2=C(Cl)C(=O)c3c(Cl)c(Cl)c(Cl)c(Cl)c32)c(=O)n(-c2ccccc2)n1C. The lowest BCUT2D eigenvalue weighted by Gasteiger charge is -2.13. The first-order valence-corrected chi connectivity index (χ1v) is 10.5. The van der Waals surface area contributed by atoms with E-state index in [1.807, 2.05) is 30.3 Å². The predicted molar refractivity (Wildman–Crippen MR) is 123 cm³/mol. The minimum Gasteiger partial charge on any atom is -0.348 e. The molecule has 154 valence electrons. The zero-order valence-corrected chi connectivity index (χ0v) is 19.3. The summed E-state index contributed by atoms with van der Waals surface area (Å²) >= 11 is 31.2. The van der Waals surface area contributed by atoms with Gasteiger partial charge >= 0.3 is 0 Å². The first-order valence-electron chi connectivity index (χ1n) is 8.58. The predicted octanol–water partition coefficient (Wildman–Crippen LogP) is 6.31. The van der Waals surface area contributed by atoms with Crippen molar-refractivity contribution in [2.45, 2.75) is 6.92 Å². The second-order valence-electron chi connectivity index (χ2n) is 6.59.